The molecule has 0 radical (unpaired) electrons. The molecule has 1 amide bonds. The van der Waals surface area contributed by atoms with Gasteiger partial charge in [0.15, 0.2) is 0 Å². The van der Waals surface area contributed by atoms with Crippen molar-refractivity contribution in [2.24, 2.45) is 0 Å². The van der Waals surface area contributed by atoms with Crippen LogP contribution < -0.4 is 10.6 Å². The summed E-state index contributed by atoms with van der Waals surface area (Å²) < 4.78 is 5.06. The minimum atomic E-state index is -0.394. The monoisotopic (exact) mass is 340 g/mol. The molecule has 1 aliphatic carbocycles. The van der Waals surface area contributed by atoms with Crippen molar-refractivity contribution in [2.45, 2.75) is 38.5 Å². The number of aryl methyl sites for hydroxylation is 1. The van der Waals surface area contributed by atoms with Crippen molar-refractivity contribution in [3.8, 4) is 0 Å². The fourth-order valence-electron chi connectivity index (χ4n) is 3.38. The number of aliphatic hydroxyl groups excluding tert-OH is 1. The van der Waals surface area contributed by atoms with Gasteiger partial charge in [0.2, 0.25) is 0 Å². The quantitative estimate of drug-likeness (QED) is 0.780. The highest BCUT2D eigenvalue weighted by Gasteiger charge is 2.31. The molecule has 3 rings (SSSR count). The van der Waals surface area contributed by atoms with E-state index in [-0.39, 0.29) is 18.7 Å². The number of hydrogen-bond donors (Lipinski definition) is 3. The molecule has 0 bridgehead atoms. The van der Waals surface area contributed by atoms with Crippen LogP contribution in [0.4, 0.5) is 10.5 Å². The highest BCUT2D eigenvalue weighted by molar-refractivity contribution is 5.68. The summed E-state index contributed by atoms with van der Waals surface area (Å²) in [6, 6.07) is 15.8. The van der Waals surface area contributed by atoms with Crippen LogP contribution in [0.5, 0.6) is 0 Å². The van der Waals surface area contributed by atoms with E-state index < -0.39 is 6.09 Å². The van der Waals surface area contributed by atoms with Crippen LogP contribution in [0, 0.1) is 0 Å². The number of alkyl carbamates (subject to hydrolysis) is 1. The van der Waals surface area contributed by atoms with Crippen LogP contribution in [0.2, 0.25) is 0 Å². The molecule has 132 valence electrons. The molecule has 0 unspecified atom stereocenters. The third-order valence-corrected chi connectivity index (χ3v) is 4.59. The Morgan fingerprint density at radius 3 is 2.76 bits per heavy atom. The lowest BCUT2D eigenvalue weighted by atomic mass is 9.83. The third kappa shape index (κ3) is 3.94. The van der Waals surface area contributed by atoms with E-state index in [1.54, 1.807) is 6.92 Å². The second-order valence-electron chi connectivity index (χ2n) is 6.15. The number of benzene rings is 2. The molecule has 2 atom stereocenters. The maximum atomic E-state index is 11.9. The van der Waals surface area contributed by atoms with Gasteiger partial charge in [0.25, 0.3) is 0 Å². The number of rotatable bonds is 5. The molecule has 0 aliphatic heterocycles. The van der Waals surface area contributed by atoms with Crippen molar-refractivity contribution < 1.29 is 14.6 Å². The smallest absolute Gasteiger partial charge is 0.407 e. The molecule has 0 spiro atoms. The Bertz CT molecular complexity index is 732. The molecule has 25 heavy (non-hydrogen) atoms. The molecule has 5 heteroatoms. The van der Waals surface area contributed by atoms with E-state index in [4.69, 9.17) is 4.74 Å². The van der Waals surface area contributed by atoms with Crippen LogP contribution in [-0.2, 0) is 17.8 Å². The van der Waals surface area contributed by atoms with Gasteiger partial charge in [-0.3, -0.25) is 0 Å². The highest BCUT2D eigenvalue weighted by Crippen LogP contribution is 2.33. The molecule has 1 aliphatic rings. The van der Waals surface area contributed by atoms with Gasteiger partial charge >= 0.3 is 6.09 Å². The zero-order valence-corrected chi connectivity index (χ0v) is 14.4. The maximum absolute atomic E-state index is 11.9. The topological polar surface area (TPSA) is 70.6 Å². The first-order valence-electron chi connectivity index (χ1n) is 8.69. The van der Waals surface area contributed by atoms with Crippen molar-refractivity contribution in [3.05, 3.63) is 65.2 Å². The number of anilines is 1. The van der Waals surface area contributed by atoms with Crippen molar-refractivity contribution in [2.75, 3.05) is 11.9 Å². The number of amides is 1. The van der Waals surface area contributed by atoms with E-state index in [9.17, 15) is 9.90 Å². The lowest BCUT2D eigenvalue weighted by molar-refractivity contribution is 0.145. The highest BCUT2D eigenvalue weighted by atomic mass is 16.5. The Balaban J connectivity index is 1.90. The van der Waals surface area contributed by atoms with Crippen molar-refractivity contribution in [1.29, 1.82) is 0 Å². The number of hydrogen-bond acceptors (Lipinski definition) is 4. The summed E-state index contributed by atoms with van der Waals surface area (Å²) in [7, 11) is 0. The van der Waals surface area contributed by atoms with Gasteiger partial charge in [0.05, 0.1) is 25.3 Å². The molecular formula is C20H24N2O3. The Morgan fingerprint density at radius 1 is 1.20 bits per heavy atom. The molecule has 0 aromatic heterocycles. The largest absolute Gasteiger partial charge is 0.450 e. The molecule has 0 saturated carbocycles. The summed E-state index contributed by atoms with van der Waals surface area (Å²) in [5.74, 6) is 0. The standard InChI is InChI=1S/C20H24N2O3/c1-2-25-20(24)22-18-12-11-14-7-3-5-9-16(14)19(18)21-17-10-6-4-8-15(17)13-23/h3-10,18-19,21,23H,2,11-13H2,1H3,(H,22,24)/t18-,19-/m1/s1. The zero-order valence-electron chi connectivity index (χ0n) is 14.4. The van der Waals surface area contributed by atoms with E-state index in [1.807, 2.05) is 36.4 Å². The Kier molecular flexibility index (Phi) is 5.56. The van der Waals surface area contributed by atoms with Gasteiger partial charge in [0, 0.05) is 11.3 Å². The lowest BCUT2D eigenvalue weighted by Crippen LogP contribution is -2.44. The van der Waals surface area contributed by atoms with Gasteiger partial charge in [-0.05, 0) is 37.0 Å². The summed E-state index contributed by atoms with van der Waals surface area (Å²) in [5, 5.41) is 16.1. The third-order valence-electron chi connectivity index (χ3n) is 4.59. The SMILES string of the molecule is CCOC(=O)N[C@@H]1CCc2ccccc2[C@H]1Nc1ccccc1CO. The molecular weight excluding hydrogens is 316 g/mol. The molecule has 0 saturated heterocycles. The average Bonchev–Trinajstić information content (AvgIpc) is 2.64. The Labute approximate surface area is 148 Å². The van der Waals surface area contributed by atoms with Crippen LogP contribution in [0.25, 0.3) is 0 Å². The predicted octanol–water partition coefficient (Wildman–Crippen LogP) is 3.39. The van der Waals surface area contributed by atoms with Gasteiger partial charge < -0.3 is 20.5 Å². The average molecular weight is 340 g/mol. The maximum Gasteiger partial charge on any atom is 0.407 e. The second-order valence-corrected chi connectivity index (χ2v) is 6.15. The first kappa shape index (κ1) is 17.3. The minimum Gasteiger partial charge on any atom is -0.450 e. The number of ether oxygens (including phenoxy) is 1. The fraction of sp³-hybridized carbons (Fsp3) is 0.350. The van der Waals surface area contributed by atoms with Gasteiger partial charge in [0.1, 0.15) is 0 Å². The Morgan fingerprint density at radius 2 is 1.96 bits per heavy atom. The van der Waals surface area contributed by atoms with Gasteiger partial charge in [-0.2, -0.15) is 0 Å². The van der Waals surface area contributed by atoms with Gasteiger partial charge in [-0.25, -0.2) is 4.79 Å². The van der Waals surface area contributed by atoms with Crippen LogP contribution in [-0.4, -0.2) is 23.8 Å². The number of nitrogens with one attached hydrogen (secondary N) is 2. The molecule has 5 nitrogen and oxygen atoms in total. The van der Waals surface area contributed by atoms with Crippen LogP contribution >= 0.6 is 0 Å². The van der Waals surface area contributed by atoms with Crippen LogP contribution in [0.3, 0.4) is 0 Å². The number of para-hydroxylation sites is 1. The number of carbonyl (C=O) groups excluding carboxylic acids is 1. The molecule has 3 N–H and O–H groups in total. The second kappa shape index (κ2) is 8.03. The number of fused-ring (bicyclic) bond motifs is 1. The summed E-state index contributed by atoms with van der Waals surface area (Å²) >= 11 is 0. The number of carbonyl (C=O) groups is 1. The normalized spacial score (nSPS) is 19.0. The summed E-state index contributed by atoms with van der Waals surface area (Å²) in [6.45, 7) is 2.11. The van der Waals surface area contributed by atoms with Crippen molar-refractivity contribution in [1.82, 2.24) is 5.32 Å². The lowest BCUT2D eigenvalue weighted by Gasteiger charge is -2.35. The first-order chi connectivity index (χ1) is 12.2. The molecule has 0 heterocycles. The van der Waals surface area contributed by atoms with Crippen LogP contribution in [0.15, 0.2) is 48.5 Å². The van der Waals surface area contributed by atoms with Crippen LogP contribution in [0.1, 0.15) is 36.1 Å². The molecule has 2 aromatic rings. The van der Waals surface area contributed by atoms with E-state index in [0.29, 0.717) is 6.61 Å². The molecule has 2 aromatic carbocycles. The Hall–Kier alpha value is -2.53. The van der Waals surface area contributed by atoms with Gasteiger partial charge in [-0.1, -0.05) is 42.5 Å². The van der Waals surface area contributed by atoms with E-state index in [0.717, 1.165) is 24.1 Å². The number of aliphatic hydroxyl groups is 1. The summed E-state index contributed by atoms with van der Waals surface area (Å²) in [6.07, 6.45) is 1.34. The fourth-order valence-corrected chi connectivity index (χ4v) is 3.38. The van der Waals surface area contributed by atoms with E-state index in [2.05, 4.69) is 22.8 Å². The zero-order chi connectivity index (χ0) is 17.6. The predicted molar refractivity (Wildman–Crippen MR) is 97.4 cm³/mol. The van der Waals surface area contributed by atoms with Gasteiger partial charge in [-0.15, -0.1) is 0 Å². The van der Waals surface area contributed by atoms with E-state index >= 15 is 0 Å². The summed E-state index contributed by atoms with van der Waals surface area (Å²) in [4.78, 5) is 11.9. The van der Waals surface area contributed by atoms with Crippen molar-refractivity contribution >= 4 is 11.8 Å². The van der Waals surface area contributed by atoms with E-state index in [1.165, 1.54) is 11.1 Å². The summed E-state index contributed by atoms with van der Waals surface area (Å²) in [5.41, 5.74) is 4.16. The molecule has 0 fully saturated rings. The minimum absolute atomic E-state index is 0.0342. The first-order valence-corrected chi connectivity index (χ1v) is 8.69. The van der Waals surface area contributed by atoms with Crippen molar-refractivity contribution in [3.63, 3.8) is 0 Å².